The number of piperidine rings is 1. The summed E-state index contributed by atoms with van der Waals surface area (Å²) in [5, 5.41) is 8.89. The molecule has 0 spiro atoms. The first-order valence-corrected chi connectivity index (χ1v) is 9.40. The molecule has 2 rings (SSSR count). The fourth-order valence-electron chi connectivity index (χ4n) is 2.97. The van der Waals surface area contributed by atoms with Gasteiger partial charge in [0.25, 0.3) is 0 Å². The van der Waals surface area contributed by atoms with Crippen LogP contribution in [0.3, 0.4) is 0 Å². The first-order chi connectivity index (χ1) is 11.3. The molecule has 0 radical (unpaired) electrons. The van der Waals surface area contributed by atoms with Crippen LogP contribution in [-0.2, 0) is 19.6 Å². The molecule has 6 nitrogen and oxygen atoms in total. The molecule has 0 aromatic heterocycles. The van der Waals surface area contributed by atoms with Crippen LogP contribution in [0.1, 0.15) is 30.9 Å². The van der Waals surface area contributed by atoms with Crippen molar-refractivity contribution in [3.8, 4) is 0 Å². The van der Waals surface area contributed by atoms with E-state index < -0.39 is 27.9 Å². The molecule has 1 heterocycles. The largest absolute Gasteiger partial charge is 0.481 e. The lowest BCUT2D eigenvalue weighted by molar-refractivity contribution is -0.138. The normalized spacial score (nSPS) is 20.7. The summed E-state index contributed by atoms with van der Waals surface area (Å²) >= 11 is 0. The maximum atomic E-state index is 13.0. The molecule has 0 aliphatic carbocycles. The number of halogens is 1. The van der Waals surface area contributed by atoms with Crippen molar-refractivity contribution in [3.63, 3.8) is 0 Å². The van der Waals surface area contributed by atoms with E-state index in [4.69, 9.17) is 9.84 Å². The highest BCUT2D eigenvalue weighted by molar-refractivity contribution is 7.89. The summed E-state index contributed by atoms with van der Waals surface area (Å²) in [5.74, 6) is -1.74. The summed E-state index contributed by atoms with van der Waals surface area (Å²) in [6.07, 6.45) is 0.628. The van der Waals surface area contributed by atoms with Crippen molar-refractivity contribution in [1.29, 1.82) is 0 Å². The quantitative estimate of drug-likeness (QED) is 0.805. The minimum Gasteiger partial charge on any atom is -0.481 e. The van der Waals surface area contributed by atoms with Gasteiger partial charge in [0.1, 0.15) is 5.82 Å². The summed E-state index contributed by atoms with van der Waals surface area (Å²) in [6.45, 7) is 0.604. The number of ether oxygens (including phenoxy) is 1. The van der Waals surface area contributed by atoms with Gasteiger partial charge < -0.3 is 9.84 Å². The molecule has 0 saturated carbocycles. The van der Waals surface area contributed by atoms with Crippen LogP contribution < -0.4 is 0 Å². The third-order valence-corrected chi connectivity index (χ3v) is 6.07. The third-order valence-electron chi connectivity index (χ3n) is 4.23. The van der Waals surface area contributed by atoms with Crippen molar-refractivity contribution in [1.82, 2.24) is 4.31 Å². The Balaban J connectivity index is 2.08. The molecular weight excluding hydrogens is 337 g/mol. The van der Waals surface area contributed by atoms with Crippen molar-refractivity contribution < 1.29 is 27.4 Å². The SMILES string of the molecule is COC(CS(=O)(=O)N1CCCC(CC(=O)O)C1)c1ccc(F)cc1. The molecule has 1 aromatic carbocycles. The molecule has 2 atom stereocenters. The van der Waals surface area contributed by atoms with Gasteiger partial charge in [0.05, 0.1) is 11.9 Å². The molecule has 1 aliphatic heterocycles. The van der Waals surface area contributed by atoms with Crippen molar-refractivity contribution in [2.75, 3.05) is 26.0 Å². The van der Waals surface area contributed by atoms with Crippen LogP contribution in [0, 0.1) is 11.7 Å². The molecule has 134 valence electrons. The number of carbonyl (C=O) groups is 1. The number of hydrogen-bond acceptors (Lipinski definition) is 4. The van der Waals surface area contributed by atoms with Gasteiger partial charge in [-0.2, -0.15) is 0 Å². The number of methoxy groups -OCH3 is 1. The summed E-state index contributed by atoms with van der Waals surface area (Å²) in [5.41, 5.74) is 0.585. The zero-order valence-corrected chi connectivity index (χ0v) is 14.3. The van der Waals surface area contributed by atoms with Gasteiger partial charge in [-0.15, -0.1) is 0 Å². The second-order valence-corrected chi connectivity index (χ2v) is 8.03. The predicted octanol–water partition coefficient (Wildman–Crippen LogP) is 2.03. The molecule has 1 aliphatic rings. The summed E-state index contributed by atoms with van der Waals surface area (Å²) in [7, 11) is -2.19. The maximum absolute atomic E-state index is 13.0. The Kier molecular flexibility index (Phi) is 6.31. The monoisotopic (exact) mass is 359 g/mol. The number of hydrogen-bond donors (Lipinski definition) is 1. The van der Waals surface area contributed by atoms with E-state index in [-0.39, 0.29) is 24.6 Å². The fourth-order valence-corrected chi connectivity index (χ4v) is 4.73. The van der Waals surface area contributed by atoms with Crippen LogP contribution in [0.15, 0.2) is 24.3 Å². The van der Waals surface area contributed by atoms with Crippen LogP contribution in [0.25, 0.3) is 0 Å². The van der Waals surface area contributed by atoms with Crippen LogP contribution in [0.5, 0.6) is 0 Å². The molecule has 8 heteroatoms. The zero-order valence-electron chi connectivity index (χ0n) is 13.5. The van der Waals surface area contributed by atoms with E-state index in [0.29, 0.717) is 24.9 Å². The number of sulfonamides is 1. The molecular formula is C16H22FNO5S. The average molecular weight is 359 g/mol. The first kappa shape index (κ1) is 18.8. The lowest BCUT2D eigenvalue weighted by atomic mass is 9.96. The number of carboxylic acids is 1. The molecule has 0 bridgehead atoms. The van der Waals surface area contributed by atoms with Gasteiger partial charge in [-0.3, -0.25) is 4.79 Å². The third kappa shape index (κ3) is 4.99. The molecule has 1 N–H and O–H groups in total. The van der Waals surface area contributed by atoms with Crippen molar-refractivity contribution in [2.45, 2.75) is 25.4 Å². The average Bonchev–Trinajstić information content (AvgIpc) is 2.53. The highest BCUT2D eigenvalue weighted by Gasteiger charge is 2.32. The Morgan fingerprint density at radius 2 is 2.08 bits per heavy atom. The van der Waals surface area contributed by atoms with Crippen LogP contribution in [-0.4, -0.2) is 49.8 Å². The van der Waals surface area contributed by atoms with Crippen molar-refractivity contribution in [2.24, 2.45) is 5.92 Å². The number of rotatable bonds is 7. The summed E-state index contributed by atoms with van der Waals surface area (Å²) in [6, 6.07) is 5.53. The zero-order chi connectivity index (χ0) is 17.7. The van der Waals surface area contributed by atoms with E-state index in [9.17, 15) is 17.6 Å². The Bertz CT molecular complexity index is 662. The number of aliphatic carboxylic acids is 1. The Morgan fingerprint density at radius 1 is 1.42 bits per heavy atom. The van der Waals surface area contributed by atoms with E-state index in [1.165, 1.54) is 35.7 Å². The highest BCUT2D eigenvalue weighted by atomic mass is 32.2. The lowest BCUT2D eigenvalue weighted by Gasteiger charge is -2.32. The van der Waals surface area contributed by atoms with Gasteiger partial charge in [-0.1, -0.05) is 12.1 Å². The lowest BCUT2D eigenvalue weighted by Crippen LogP contribution is -2.42. The molecule has 1 aromatic rings. The minimum absolute atomic E-state index is 0.0301. The van der Waals surface area contributed by atoms with E-state index in [1.54, 1.807) is 0 Å². The number of nitrogens with zero attached hydrogens (tertiary/aromatic N) is 1. The predicted molar refractivity (Wildman–Crippen MR) is 86.5 cm³/mol. The van der Waals surface area contributed by atoms with Gasteiger partial charge >= 0.3 is 5.97 Å². The minimum atomic E-state index is -3.60. The van der Waals surface area contributed by atoms with Crippen molar-refractivity contribution in [3.05, 3.63) is 35.6 Å². The number of carboxylic acid groups (broad SMARTS) is 1. The van der Waals surface area contributed by atoms with E-state index in [1.807, 2.05) is 0 Å². The van der Waals surface area contributed by atoms with E-state index >= 15 is 0 Å². The van der Waals surface area contributed by atoms with Gasteiger partial charge in [-0.25, -0.2) is 17.1 Å². The maximum Gasteiger partial charge on any atom is 0.303 e. The fraction of sp³-hybridized carbons (Fsp3) is 0.562. The van der Waals surface area contributed by atoms with Crippen LogP contribution in [0.4, 0.5) is 4.39 Å². The summed E-state index contributed by atoms with van der Waals surface area (Å²) in [4.78, 5) is 10.8. The second-order valence-electron chi connectivity index (χ2n) is 6.02. The Morgan fingerprint density at radius 3 is 2.67 bits per heavy atom. The van der Waals surface area contributed by atoms with E-state index in [2.05, 4.69) is 0 Å². The summed E-state index contributed by atoms with van der Waals surface area (Å²) < 4.78 is 44.9. The van der Waals surface area contributed by atoms with Gasteiger partial charge in [0.15, 0.2) is 0 Å². The molecule has 1 saturated heterocycles. The second kappa shape index (κ2) is 8.04. The molecule has 2 unspecified atom stereocenters. The van der Waals surface area contributed by atoms with Gasteiger partial charge in [-0.05, 0) is 36.5 Å². The molecule has 1 fully saturated rings. The molecule has 0 amide bonds. The first-order valence-electron chi connectivity index (χ1n) is 7.79. The Labute approximate surface area is 141 Å². The standard InChI is InChI=1S/C16H22FNO5S/c1-23-15(13-4-6-14(17)7-5-13)11-24(21,22)18-8-2-3-12(10-18)9-16(19)20/h4-7,12,15H,2-3,8-11H2,1H3,(H,19,20). The topological polar surface area (TPSA) is 83.9 Å². The Hall–Kier alpha value is -1.51. The van der Waals surface area contributed by atoms with Gasteiger partial charge in [0, 0.05) is 26.6 Å². The van der Waals surface area contributed by atoms with Crippen LogP contribution in [0.2, 0.25) is 0 Å². The van der Waals surface area contributed by atoms with E-state index in [0.717, 1.165) is 0 Å². The smallest absolute Gasteiger partial charge is 0.303 e. The van der Waals surface area contributed by atoms with Crippen molar-refractivity contribution >= 4 is 16.0 Å². The van der Waals surface area contributed by atoms with Gasteiger partial charge in [0.2, 0.25) is 10.0 Å². The molecule has 24 heavy (non-hydrogen) atoms. The highest BCUT2D eigenvalue weighted by Crippen LogP contribution is 2.26. The number of benzene rings is 1. The van der Waals surface area contributed by atoms with Crippen LogP contribution >= 0.6 is 0 Å².